The van der Waals surface area contributed by atoms with E-state index >= 15 is 0 Å². The summed E-state index contributed by atoms with van der Waals surface area (Å²) in [6.45, 7) is 4.65. The van der Waals surface area contributed by atoms with Crippen molar-refractivity contribution < 1.29 is 22.7 Å². The lowest BCUT2D eigenvalue weighted by Crippen LogP contribution is -2.48. The quantitative estimate of drug-likeness (QED) is 0.606. The molecular weight excluding hydrogens is 386 g/mol. The van der Waals surface area contributed by atoms with Crippen molar-refractivity contribution in [2.45, 2.75) is 18.5 Å². The van der Waals surface area contributed by atoms with Crippen molar-refractivity contribution in [1.29, 1.82) is 0 Å². The van der Waals surface area contributed by atoms with E-state index in [1.54, 1.807) is 24.3 Å². The number of benzene rings is 1. The van der Waals surface area contributed by atoms with E-state index in [0.29, 0.717) is 45.2 Å². The lowest BCUT2D eigenvalue weighted by Gasteiger charge is -2.33. The summed E-state index contributed by atoms with van der Waals surface area (Å²) in [6.07, 6.45) is 1.51. The fraction of sp³-hybridized carbons (Fsp3) is 0.471. The summed E-state index contributed by atoms with van der Waals surface area (Å²) in [4.78, 5) is 13.7. The molecule has 0 N–H and O–H groups in total. The maximum atomic E-state index is 12.8. The smallest absolute Gasteiger partial charge is 0.360 e. The number of sulfonamides is 1. The van der Waals surface area contributed by atoms with Crippen LogP contribution in [-0.2, 0) is 21.4 Å². The first-order valence-corrected chi connectivity index (χ1v) is 10.3. The van der Waals surface area contributed by atoms with Crippen LogP contribution in [0.2, 0.25) is 0 Å². The lowest BCUT2D eigenvalue weighted by atomic mass is 10.3. The molecule has 1 aromatic carbocycles. The van der Waals surface area contributed by atoms with Crippen molar-refractivity contribution in [3.05, 3.63) is 36.2 Å². The van der Waals surface area contributed by atoms with Gasteiger partial charge in [0, 0.05) is 26.2 Å². The number of methoxy groups -OCH3 is 1. The molecule has 0 aliphatic carbocycles. The Bertz CT molecular complexity index is 904. The number of esters is 1. The first kappa shape index (κ1) is 20.2. The Labute approximate surface area is 163 Å². The second-order valence-electron chi connectivity index (χ2n) is 6.20. The molecule has 0 unspecified atom stereocenters. The van der Waals surface area contributed by atoms with Crippen LogP contribution in [0.15, 0.2) is 35.4 Å². The van der Waals surface area contributed by atoms with Crippen LogP contribution >= 0.6 is 0 Å². The molecule has 28 heavy (non-hydrogen) atoms. The van der Waals surface area contributed by atoms with E-state index in [2.05, 4.69) is 15.0 Å². The number of ether oxygens (including phenoxy) is 2. The highest BCUT2D eigenvalue weighted by Crippen LogP contribution is 2.21. The van der Waals surface area contributed by atoms with E-state index in [4.69, 9.17) is 4.74 Å². The summed E-state index contributed by atoms with van der Waals surface area (Å²) < 4.78 is 38.6. The van der Waals surface area contributed by atoms with E-state index < -0.39 is 16.0 Å². The monoisotopic (exact) mass is 409 g/mol. The van der Waals surface area contributed by atoms with Gasteiger partial charge < -0.3 is 9.47 Å². The van der Waals surface area contributed by atoms with Crippen LogP contribution in [0.1, 0.15) is 17.4 Å². The van der Waals surface area contributed by atoms with Gasteiger partial charge in [0.1, 0.15) is 5.75 Å². The summed E-state index contributed by atoms with van der Waals surface area (Å²) in [5.41, 5.74) is 0.138. The number of rotatable bonds is 7. The van der Waals surface area contributed by atoms with Crippen LogP contribution in [-0.4, -0.2) is 78.5 Å². The Morgan fingerprint density at radius 1 is 1.14 bits per heavy atom. The van der Waals surface area contributed by atoms with Crippen LogP contribution < -0.4 is 4.74 Å². The highest BCUT2D eigenvalue weighted by atomic mass is 32.2. The van der Waals surface area contributed by atoms with Crippen molar-refractivity contribution in [2.24, 2.45) is 0 Å². The van der Waals surface area contributed by atoms with Gasteiger partial charge in [-0.1, -0.05) is 5.21 Å². The van der Waals surface area contributed by atoms with Gasteiger partial charge in [-0.25, -0.2) is 17.9 Å². The fourth-order valence-corrected chi connectivity index (χ4v) is 4.33. The van der Waals surface area contributed by atoms with Gasteiger partial charge >= 0.3 is 5.97 Å². The van der Waals surface area contributed by atoms with E-state index in [1.807, 2.05) is 11.8 Å². The van der Waals surface area contributed by atoms with Crippen molar-refractivity contribution in [3.8, 4) is 5.75 Å². The number of piperazine rings is 1. The minimum Gasteiger partial charge on any atom is -0.494 e. The Kier molecular flexibility index (Phi) is 6.27. The molecule has 1 aliphatic rings. The van der Waals surface area contributed by atoms with Crippen molar-refractivity contribution in [1.82, 2.24) is 24.2 Å². The molecule has 0 atom stereocenters. The zero-order chi connectivity index (χ0) is 20.1. The predicted molar refractivity (Wildman–Crippen MR) is 99.3 cm³/mol. The Balaban J connectivity index is 1.58. The molecule has 2 aromatic rings. The van der Waals surface area contributed by atoms with Gasteiger partial charge in [-0.3, -0.25) is 4.90 Å². The molecule has 0 spiro atoms. The van der Waals surface area contributed by atoms with Gasteiger partial charge in [-0.05, 0) is 31.2 Å². The standard InChI is InChI=1S/C17H23N5O5S/c1-3-27-14-4-6-15(7-5-14)28(24,25)22-10-8-20(9-11-22)13-21-12-16(18-19-21)17(23)26-2/h4-7,12H,3,8-11,13H2,1-2H3. The van der Waals surface area contributed by atoms with Crippen LogP contribution in [0.4, 0.5) is 0 Å². The third-order valence-corrected chi connectivity index (χ3v) is 6.29. The minimum absolute atomic E-state index is 0.138. The summed E-state index contributed by atoms with van der Waals surface area (Å²) in [6, 6.07) is 6.46. The van der Waals surface area contributed by atoms with E-state index in [9.17, 15) is 13.2 Å². The molecule has 1 saturated heterocycles. The molecule has 1 aromatic heterocycles. The molecule has 1 aliphatic heterocycles. The molecule has 0 radical (unpaired) electrons. The van der Waals surface area contributed by atoms with Crippen LogP contribution in [0.3, 0.4) is 0 Å². The molecule has 0 bridgehead atoms. The van der Waals surface area contributed by atoms with Gasteiger partial charge in [0.2, 0.25) is 10.0 Å². The molecule has 152 valence electrons. The van der Waals surface area contributed by atoms with Gasteiger partial charge in [-0.15, -0.1) is 5.10 Å². The highest BCUT2D eigenvalue weighted by molar-refractivity contribution is 7.89. The average molecular weight is 409 g/mol. The molecule has 0 amide bonds. The Morgan fingerprint density at radius 2 is 1.82 bits per heavy atom. The number of carbonyl (C=O) groups is 1. The first-order valence-electron chi connectivity index (χ1n) is 8.88. The average Bonchev–Trinajstić information content (AvgIpc) is 3.17. The highest BCUT2D eigenvalue weighted by Gasteiger charge is 2.28. The number of carbonyl (C=O) groups excluding carboxylic acids is 1. The largest absolute Gasteiger partial charge is 0.494 e. The van der Waals surface area contributed by atoms with Gasteiger partial charge in [0.25, 0.3) is 0 Å². The second-order valence-corrected chi connectivity index (χ2v) is 8.14. The predicted octanol–water partition coefficient (Wildman–Crippen LogP) is 0.427. The van der Waals surface area contributed by atoms with E-state index in [-0.39, 0.29) is 10.6 Å². The zero-order valence-corrected chi connectivity index (χ0v) is 16.6. The van der Waals surface area contributed by atoms with Gasteiger partial charge in [0.15, 0.2) is 5.69 Å². The maximum Gasteiger partial charge on any atom is 0.360 e. The number of hydrogen-bond acceptors (Lipinski definition) is 8. The molecule has 10 nitrogen and oxygen atoms in total. The van der Waals surface area contributed by atoms with Crippen LogP contribution in [0.25, 0.3) is 0 Å². The maximum absolute atomic E-state index is 12.8. The normalized spacial score (nSPS) is 16.1. The third kappa shape index (κ3) is 4.49. The molecule has 3 rings (SSSR count). The van der Waals surface area contributed by atoms with E-state index in [0.717, 1.165) is 0 Å². The topological polar surface area (TPSA) is 107 Å². The summed E-state index contributed by atoms with van der Waals surface area (Å²) in [5, 5.41) is 7.66. The summed E-state index contributed by atoms with van der Waals surface area (Å²) in [5.74, 6) is 0.0999. The number of nitrogens with zero attached hydrogens (tertiary/aromatic N) is 5. The van der Waals surface area contributed by atoms with Crippen molar-refractivity contribution in [3.63, 3.8) is 0 Å². The van der Waals surface area contributed by atoms with Gasteiger partial charge in [-0.2, -0.15) is 4.31 Å². The molecule has 11 heteroatoms. The SMILES string of the molecule is CCOc1ccc(S(=O)(=O)N2CCN(Cn3cc(C(=O)OC)nn3)CC2)cc1. The number of aromatic nitrogens is 3. The third-order valence-electron chi connectivity index (χ3n) is 4.38. The van der Waals surface area contributed by atoms with Crippen molar-refractivity contribution in [2.75, 3.05) is 39.9 Å². The zero-order valence-electron chi connectivity index (χ0n) is 15.8. The molecule has 2 heterocycles. The van der Waals surface area contributed by atoms with Crippen LogP contribution in [0, 0.1) is 0 Å². The lowest BCUT2D eigenvalue weighted by molar-refractivity contribution is 0.0593. The Hall–Kier alpha value is -2.50. The molecular formula is C17H23N5O5S. The molecule has 1 fully saturated rings. The Morgan fingerprint density at radius 3 is 2.43 bits per heavy atom. The van der Waals surface area contributed by atoms with Crippen molar-refractivity contribution >= 4 is 16.0 Å². The van der Waals surface area contributed by atoms with Gasteiger partial charge in [0.05, 0.1) is 31.5 Å². The van der Waals surface area contributed by atoms with E-state index in [1.165, 1.54) is 22.3 Å². The summed E-state index contributed by atoms with van der Waals surface area (Å²) >= 11 is 0. The van der Waals surface area contributed by atoms with Crippen LogP contribution in [0.5, 0.6) is 5.75 Å². The minimum atomic E-state index is -3.55. The molecule has 0 saturated carbocycles. The summed E-state index contributed by atoms with van der Waals surface area (Å²) in [7, 11) is -2.26. The fourth-order valence-electron chi connectivity index (χ4n) is 2.91. The number of hydrogen-bond donors (Lipinski definition) is 0. The first-order chi connectivity index (χ1) is 13.4. The second kappa shape index (κ2) is 8.67.